The van der Waals surface area contributed by atoms with E-state index < -0.39 is 11.2 Å². The van der Waals surface area contributed by atoms with Gasteiger partial charge in [-0.15, -0.1) is 0 Å². The predicted molar refractivity (Wildman–Crippen MR) is 54.0 cm³/mol. The van der Waals surface area contributed by atoms with Gasteiger partial charge >= 0.3 is 0 Å². The Morgan fingerprint density at radius 3 is 2.57 bits per heavy atom. The lowest BCUT2D eigenvalue weighted by Crippen LogP contribution is -2.53. The Kier molecular flexibility index (Phi) is 3.53. The van der Waals surface area contributed by atoms with Gasteiger partial charge in [-0.3, -0.25) is 4.90 Å². The molecule has 1 fully saturated rings. The standard InChI is InChI=1S/C10H21NO3/c1-9(2,13)6-11-5-3-4-10(14,7-11)8-12/h12-14H,3-8H2,1-2H3. The van der Waals surface area contributed by atoms with Crippen LogP contribution in [0.25, 0.3) is 0 Å². The number of aliphatic hydroxyl groups is 3. The third-order valence-electron chi connectivity index (χ3n) is 2.54. The minimum absolute atomic E-state index is 0.199. The summed E-state index contributed by atoms with van der Waals surface area (Å²) < 4.78 is 0. The zero-order valence-corrected chi connectivity index (χ0v) is 9.03. The van der Waals surface area contributed by atoms with Gasteiger partial charge in [0.1, 0.15) is 5.60 Å². The number of hydrogen-bond donors (Lipinski definition) is 3. The second-order valence-corrected chi connectivity index (χ2v) is 5.01. The molecule has 84 valence electrons. The van der Waals surface area contributed by atoms with Crippen LogP contribution in [0.4, 0.5) is 0 Å². The SMILES string of the molecule is CC(C)(O)CN1CCCC(O)(CO)C1. The maximum atomic E-state index is 9.87. The predicted octanol–water partition coefficient (Wildman–Crippen LogP) is -0.424. The van der Waals surface area contributed by atoms with Gasteiger partial charge in [-0.05, 0) is 33.2 Å². The van der Waals surface area contributed by atoms with Crippen molar-refractivity contribution in [2.45, 2.75) is 37.9 Å². The van der Waals surface area contributed by atoms with Crippen LogP contribution in [0.1, 0.15) is 26.7 Å². The van der Waals surface area contributed by atoms with Gasteiger partial charge < -0.3 is 15.3 Å². The number of aliphatic hydroxyl groups excluding tert-OH is 1. The number of β-amino-alcohol motifs (C(OH)–C–C–N with tert-alkyl or cyclic N) is 2. The molecule has 0 saturated carbocycles. The second kappa shape index (κ2) is 4.14. The summed E-state index contributed by atoms with van der Waals surface area (Å²) in [6, 6.07) is 0. The third-order valence-corrected chi connectivity index (χ3v) is 2.54. The van der Waals surface area contributed by atoms with Crippen molar-refractivity contribution in [2.24, 2.45) is 0 Å². The zero-order chi connectivity index (χ0) is 10.8. The first-order chi connectivity index (χ1) is 6.35. The summed E-state index contributed by atoms with van der Waals surface area (Å²) in [6.07, 6.45) is 1.51. The summed E-state index contributed by atoms with van der Waals surface area (Å²) in [7, 11) is 0. The van der Waals surface area contributed by atoms with Crippen LogP contribution in [0.15, 0.2) is 0 Å². The number of likely N-dealkylation sites (tertiary alicyclic amines) is 1. The van der Waals surface area contributed by atoms with E-state index in [1.54, 1.807) is 13.8 Å². The van der Waals surface area contributed by atoms with Crippen molar-refractivity contribution >= 4 is 0 Å². The molecule has 0 spiro atoms. The molecule has 4 heteroatoms. The lowest BCUT2D eigenvalue weighted by Gasteiger charge is -2.40. The Morgan fingerprint density at radius 2 is 2.07 bits per heavy atom. The van der Waals surface area contributed by atoms with Crippen LogP contribution >= 0.6 is 0 Å². The van der Waals surface area contributed by atoms with Gasteiger partial charge in [0.05, 0.1) is 12.2 Å². The quantitative estimate of drug-likeness (QED) is 0.583. The Bertz CT molecular complexity index is 190. The van der Waals surface area contributed by atoms with Crippen LogP contribution in [0, 0.1) is 0 Å². The highest BCUT2D eigenvalue weighted by molar-refractivity contribution is 4.88. The van der Waals surface area contributed by atoms with E-state index in [0.29, 0.717) is 19.5 Å². The second-order valence-electron chi connectivity index (χ2n) is 5.01. The first-order valence-electron chi connectivity index (χ1n) is 5.13. The molecule has 0 bridgehead atoms. The highest BCUT2D eigenvalue weighted by atomic mass is 16.3. The highest BCUT2D eigenvalue weighted by Crippen LogP contribution is 2.21. The van der Waals surface area contributed by atoms with Crippen LogP contribution in [-0.2, 0) is 0 Å². The number of rotatable bonds is 3. The van der Waals surface area contributed by atoms with Crippen molar-refractivity contribution < 1.29 is 15.3 Å². The van der Waals surface area contributed by atoms with E-state index in [1.165, 1.54) is 0 Å². The van der Waals surface area contributed by atoms with Crippen LogP contribution in [-0.4, -0.2) is 57.7 Å². The molecule has 0 radical (unpaired) electrons. The molecule has 1 saturated heterocycles. The lowest BCUT2D eigenvalue weighted by atomic mass is 9.93. The fourth-order valence-corrected chi connectivity index (χ4v) is 2.02. The van der Waals surface area contributed by atoms with Gasteiger partial charge in [0, 0.05) is 13.1 Å². The molecular formula is C10H21NO3. The summed E-state index contributed by atoms with van der Waals surface area (Å²) in [5.41, 5.74) is -1.71. The summed E-state index contributed by atoms with van der Waals surface area (Å²) >= 11 is 0. The van der Waals surface area contributed by atoms with E-state index >= 15 is 0 Å². The van der Waals surface area contributed by atoms with E-state index in [-0.39, 0.29) is 6.61 Å². The van der Waals surface area contributed by atoms with E-state index in [9.17, 15) is 10.2 Å². The van der Waals surface area contributed by atoms with Crippen molar-refractivity contribution in [1.29, 1.82) is 0 Å². The molecule has 0 amide bonds. The maximum Gasteiger partial charge on any atom is 0.100 e. The fourth-order valence-electron chi connectivity index (χ4n) is 2.02. The van der Waals surface area contributed by atoms with Crippen LogP contribution < -0.4 is 0 Å². The molecule has 0 aromatic rings. The minimum atomic E-state index is -0.969. The molecule has 1 rings (SSSR count). The summed E-state index contributed by atoms with van der Waals surface area (Å²) in [5.74, 6) is 0. The van der Waals surface area contributed by atoms with Gasteiger partial charge in [0.25, 0.3) is 0 Å². The topological polar surface area (TPSA) is 63.9 Å². The Hall–Kier alpha value is -0.160. The van der Waals surface area contributed by atoms with Gasteiger partial charge in [0.15, 0.2) is 0 Å². The van der Waals surface area contributed by atoms with E-state index in [2.05, 4.69) is 0 Å². The molecule has 0 aliphatic carbocycles. The van der Waals surface area contributed by atoms with E-state index in [4.69, 9.17) is 5.11 Å². The van der Waals surface area contributed by atoms with E-state index in [0.717, 1.165) is 13.0 Å². The Balaban J connectivity index is 2.48. The first-order valence-corrected chi connectivity index (χ1v) is 5.13. The minimum Gasteiger partial charge on any atom is -0.393 e. The maximum absolute atomic E-state index is 9.87. The van der Waals surface area contributed by atoms with Crippen LogP contribution in [0.5, 0.6) is 0 Å². The molecule has 0 aromatic heterocycles. The van der Waals surface area contributed by atoms with Crippen molar-refractivity contribution in [3.8, 4) is 0 Å². The lowest BCUT2D eigenvalue weighted by molar-refractivity contribution is -0.0811. The van der Waals surface area contributed by atoms with Gasteiger partial charge in [-0.2, -0.15) is 0 Å². The Morgan fingerprint density at radius 1 is 1.43 bits per heavy atom. The van der Waals surface area contributed by atoms with Gasteiger partial charge in [-0.1, -0.05) is 0 Å². The molecule has 1 unspecified atom stereocenters. The Labute approximate surface area is 85.2 Å². The molecule has 1 atom stereocenters. The highest BCUT2D eigenvalue weighted by Gasteiger charge is 2.34. The van der Waals surface area contributed by atoms with Crippen molar-refractivity contribution in [3.05, 3.63) is 0 Å². The largest absolute Gasteiger partial charge is 0.393 e. The molecule has 14 heavy (non-hydrogen) atoms. The van der Waals surface area contributed by atoms with Crippen LogP contribution in [0.3, 0.4) is 0 Å². The average molecular weight is 203 g/mol. The smallest absolute Gasteiger partial charge is 0.100 e. The molecule has 4 nitrogen and oxygen atoms in total. The monoisotopic (exact) mass is 203 g/mol. The summed E-state index contributed by atoms with van der Waals surface area (Å²) in [5, 5.41) is 28.5. The summed E-state index contributed by atoms with van der Waals surface area (Å²) in [6.45, 7) is 5.17. The van der Waals surface area contributed by atoms with Crippen molar-refractivity contribution in [3.63, 3.8) is 0 Å². The normalized spacial score (nSPS) is 30.6. The molecule has 1 aliphatic heterocycles. The molecular weight excluding hydrogens is 182 g/mol. The van der Waals surface area contributed by atoms with Crippen LogP contribution in [0.2, 0.25) is 0 Å². The first kappa shape index (κ1) is 11.9. The third kappa shape index (κ3) is 3.53. The number of nitrogens with zero attached hydrogens (tertiary/aromatic N) is 1. The molecule has 0 aromatic carbocycles. The number of piperidine rings is 1. The van der Waals surface area contributed by atoms with E-state index in [1.807, 2.05) is 4.90 Å². The molecule has 1 aliphatic rings. The fraction of sp³-hybridized carbons (Fsp3) is 1.00. The molecule has 3 N–H and O–H groups in total. The van der Waals surface area contributed by atoms with Gasteiger partial charge in [-0.25, -0.2) is 0 Å². The molecule has 1 heterocycles. The number of hydrogen-bond acceptors (Lipinski definition) is 4. The van der Waals surface area contributed by atoms with Crippen molar-refractivity contribution in [2.75, 3.05) is 26.2 Å². The zero-order valence-electron chi connectivity index (χ0n) is 9.03. The van der Waals surface area contributed by atoms with Crippen molar-refractivity contribution in [1.82, 2.24) is 4.90 Å². The average Bonchev–Trinajstić information content (AvgIpc) is 2.01. The summed E-state index contributed by atoms with van der Waals surface area (Å²) in [4.78, 5) is 2.00. The van der Waals surface area contributed by atoms with Gasteiger partial charge in [0.2, 0.25) is 0 Å².